The third-order valence-corrected chi connectivity index (χ3v) is 8.89. The van der Waals surface area contributed by atoms with Gasteiger partial charge in [0.2, 0.25) is 11.8 Å². The molecule has 3 aromatic rings. The van der Waals surface area contributed by atoms with Crippen molar-refractivity contribution in [3.63, 3.8) is 0 Å². The van der Waals surface area contributed by atoms with Crippen LogP contribution in [-0.2, 0) is 22.7 Å². The Hall–Kier alpha value is -3.75. The lowest BCUT2D eigenvalue weighted by Crippen LogP contribution is -2.56. The summed E-state index contributed by atoms with van der Waals surface area (Å²) in [5.41, 5.74) is 2.76. The van der Waals surface area contributed by atoms with Gasteiger partial charge in [0.05, 0.1) is 0 Å². The minimum Gasteiger partial charge on any atom is -0.487 e. The molecule has 0 aliphatic carbocycles. The molecule has 214 valence electrons. The first-order chi connectivity index (χ1) is 19.9. The van der Waals surface area contributed by atoms with E-state index in [1.54, 1.807) is 4.90 Å². The Morgan fingerprint density at radius 1 is 0.951 bits per heavy atom. The van der Waals surface area contributed by atoms with E-state index in [9.17, 15) is 14.4 Å². The van der Waals surface area contributed by atoms with Crippen LogP contribution < -0.4 is 10.1 Å². The summed E-state index contributed by atoms with van der Waals surface area (Å²) in [4.78, 5) is 43.7. The van der Waals surface area contributed by atoms with Crippen LogP contribution in [0.4, 0.5) is 0 Å². The third kappa shape index (κ3) is 5.59. The van der Waals surface area contributed by atoms with Crippen LogP contribution in [0.2, 0.25) is 0 Å². The number of imide groups is 1. The molecule has 3 amide bonds. The molecule has 8 heteroatoms. The Bertz CT molecular complexity index is 1470. The topological polar surface area (TPSA) is 82.2 Å². The van der Waals surface area contributed by atoms with Gasteiger partial charge in [-0.25, -0.2) is 0 Å². The van der Waals surface area contributed by atoms with Crippen molar-refractivity contribution < 1.29 is 19.1 Å². The molecule has 0 bridgehead atoms. The van der Waals surface area contributed by atoms with Crippen molar-refractivity contribution in [2.45, 2.75) is 64.4 Å². The van der Waals surface area contributed by atoms with Crippen LogP contribution in [0.25, 0.3) is 10.8 Å². The summed E-state index contributed by atoms with van der Waals surface area (Å²) >= 11 is 0. The fourth-order valence-corrected chi connectivity index (χ4v) is 6.73. The number of ether oxygens (including phenoxy) is 1. The maximum Gasteiger partial charge on any atom is 0.255 e. The fourth-order valence-electron chi connectivity index (χ4n) is 6.73. The molecule has 3 heterocycles. The van der Waals surface area contributed by atoms with Gasteiger partial charge < -0.3 is 9.64 Å². The molecule has 41 heavy (non-hydrogen) atoms. The van der Waals surface area contributed by atoms with Gasteiger partial charge in [0.15, 0.2) is 0 Å². The minimum absolute atomic E-state index is 0.0227. The monoisotopic (exact) mass is 554 g/mol. The average Bonchev–Trinajstić information content (AvgIpc) is 3.29. The average molecular weight is 555 g/mol. The van der Waals surface area contributed by atoms with Gasteiger partial charge in [-0.1, -0.05) is 50.2 Å². The number of hydrogen-bond donors (Lipinski definition) is 1. The number of amides is 3. The molecule has 0 radical (unpaired) electrons. The second kappa shape index (κ2) is 11.6. The van der Waals surface area contributed by atoms with E-state index in [0.29, 0.717) is 24.6 Å². The van der Waals surface area contributed by atoms with E-state index in [2.05, 4.69) is 71.4 Å². The maximum atomic E-state index is 13.1. The van der Waals surface area contributed by atoms with Gasteiger partial charge in [0.25, 0.3) is 5.91 Å². The Labute approximate surface area is 241 Å². The number of benzene rings is 3. The SMILES string of the molecule is CCN(CC)C1CCN(Cc2ccc3ccccc3c2)CC1Oc1ccc2c(c1)CN(C1CCC(=O)NC1=O)C2=O. The number of rotatable bonds is 8. The van der Waals surface area contributed by atoms with Gasteiger partial charge in [-0.2, -0.15) is 0 Å². The molecule has 0 saturated carbocycles. The van der Waals surface area contributed by atoms with Crippen molar-refractivity contribution in [3.8, 4) is 5.75 Å². The number of hydrogen-bond acceptors (Lipinski definition) is 6. The maximum absolute atomic E-state index is 13.1. The van der Waals surface area contributed by atoms with E-state index in [0.717, 1.165) is 50.5 Å². The zero-order valence-corrected chi connectivity index (χ0v) is 23.8. The smallest absolute Gasteiger partial charge is 0.255 e. The molecule has 8 nitrogen and oxygen atoms in total. The molecule has 0 aromatic heterocycles. The Balaban J connectivity index is 1.18. The van der Waals surface area contributed by atoms with Gasteiger partial charge in [-0.3, -0.25) is 29.5 Å². The highest BCUT2D eigenvalue weighted by atomic mass is 16.5. The van der Waals surface area contributed by atoms with E-state index in [1.165, 1.54) is 16.3 Å². The molecule has 3 unspecified atom stereocenters. The minimum atomic E-state index is -0.619. The molecule has 3 aromatic carbocycles. The number of carbonyl (C=O) groups is 3. The number of piperidine rings is 2. The van der Waals surface area contributed by atoms with Crippen molar-refractivity contribution in [3.05, 3.63) is 77.4 Å². The van der Waals surface area contributed by atoms with Gasteiger partial charge in [0, 0.05) is 44.2 Å². The van der Waals surface area contributed by atoms with E-state index >= 15 is 0 Å². The second-order valence-electron chi connectivity index (χ2n) is 11.4. The van der Waals surface area contributed by atoms with Gasteiger partial charge >= 0.3 is 0 Å². The van der Waals surface area contributed by atoms with Crippen LogP contribution in [0.1, 0.15) is 54.6 Å². The highest BCUT2D eigenvalue weighted by Gasteiger charge is 2.40. The molecule has 2 saturated heterocycles. The fraction of sp³-hybridized carbons (Fsp3) is 0.424. The van der Waals surface area contributed by atoms with Crippen LogP contribution in [0.5, 0.6) is 5.75 Å². The summed E-state index contributed by atoms with van der Waals surface area (Å²) in [6.07, 6.45) is 1.60. The number of likely N-dealkylation sites (tertiary alicyclic amines) is 1. The molecule has 0 spiro atoms. The number of likely N-dealkylation sites (N-methyl/N-ethyl adjacent to an activating group) is 1. The first-order valence-corrected chi connectivity index (χ1v) is 14.8. The van der Waals surface area contributed by atoms with Crippen molar-refractivity contribution in [2.75, 3.05) is 26.2 Å². The van der Waals surface area contributed by atoms with Gasteiger partial charge in [-0.05, 0) is 72.1 Å². The first-order valence-electron chi connectivity index (χ1n) is 14.8. The van der Waals surface area contributed by atoms with E-state index < -0.39 is 11.9 Å². The lowest BCUT2D eigenvalue weighted by Gasteiger charge is -2.43. The van der Waals surface area contributed by atoms with Crippen LogP contribution >= 0.6 is 0 Å². The molecule has 3 aliphatic rings. The van der Waals surface area contributed by atoms with Crippen molar-refractivity contribution in [1.82, 2.24) is 20.0 Å². The van der Waals surface area contributed by atoms with Crippen molar-refractivity contribution in [1.29, 1.82) is 0 Å². The normalized spacial score (nSPS) is 23.2. The lowest BCUT2D eigenvalue weighted by molar-refractivity contribution is -0.136. The summed E-state index contributed by atoms with van der Waals surface area (Å²) in [6.45, 7) is 9.36. The molecule has 6 rings (SSSR count). The summed E-state index contributed by atoms with van der Waals surface area (Å²) in [6, 6.07) is 20.5. The van der Waals surface area contributed by atoms with Crippen molar-refractivity contribution >= 4 is 28.5 Å². The number of fused-ring (bicyclic) bond motifs is 2. The Morgan fingerprint density at radius 2 is 1.76 bits per heavy atom. The highest BCUT2D eigenvalue weighted by molar-refractivity contribution is 6.05. The standard InChI is InChI=1S/C33H38N4O4/c1-3-36(4-2)28-15-16-35(19-22-9-10-23-7-5-6-8-24(23)17-22)21-30(28)41-26-11-12-27-25(18-26)20-37(33(27)40)29-13-14-31(38)34-32(29)39/h5-12,17-18,28-30H,3-4,13-16,19-21H2,1-2H3,(H,34,38,39). The summed E-state index contributed by atoms with van der Waals surface area (Å²) in [5, 5.41) is 4.88. The summed E-state index contributed by atoms with van der Waals surface area (Å²) in [5.74, 6) is -0.0941. The summed E-state index contributed by atoms with van der Waals surface area (Å²) in [7, 11) is 0. The predicted octanol–water partition coefficient (Wildman–Crippen LogP) is 3.96. The van der Waals surface area contributed by atoms with Crippen molar-refractivity contribution in [2.24, 2.45) is 0 Å². The zero-order valence-electron chi connectivity index (χ0n) is 23.8. The molecule has 3 atom stereocenters. The van der Waals surface area contributed by atoms with E-state index in [-0.39, 0.29) is 24.3 Å². The van der Waals surface area contributed by atoms with Gasteiger partial charge in [-0.15, -0.1) is 0 Å². The zero-order chi connectivity index (χ0) is 28.5. The third-order valence-electron chi connectivity index (χ3n) is 8.89. The lowest BCUT2D eigenvalue weighted by atomic mass is 9.98. The Kier molecular flexibility index (Phi) is 7.77. The quantitative estimate of drug-likeness (QED) is 0.425. The van der Waals surface area contributed by atoms with Crippen LogP contribution in [0, 0.1) is 0 Å². The van der Waals surface area contributed by atoms with Crippen LogP contribution in [0.15, 0.2) is 60.7 Å². The summed E-state index contributed by atoms with van der Waals surface area (Å²) < 4.78 is 6.73. The largest absolute Gasteiger partial charge is 0.487 e. The molecule has 2 fully saturated rings. The number of nitrogens with one attached hydrogen (secondary N) is 1. The van der Waals surface area contributed by atoms with Gasteiger partial charge in [0.1, 0.15) is 17.9 Å². The molecular weight excluding hydrogens is 516 g/mol. The highest BCUT2D eigenvalue weighted by Crippen LogP contribution is 2.32. The van der Waals surface area contributed by atoms with Crippen LogP contribution in [-0.4, -0.2) is 76.8 Å². The molecule has 1 N–H and O–H groups in total. The number of nitrogens with zero attached hydrogens (tertiary/aromatic N) is 3. The molecular formula is C33H38N4O4. The van der Waals surface area contributed by atoms with Crippen LogP contribution in [0.3, 0.4) is 0 Å². The van der Waals surface area contributed by atoms with E-state index in [4.69, 9.17) is 4.74 Å². The second-order valence-corrected chi connectivity index (χ2v) is 11.4. The predicted molar refractivity (Wildman–Crippen MR) is 157 cm³/mol. The molecule has 3 aliphatic heterocycles. The number of carbonyl (C=O) groups excluding carboxylic acids is 3. The van der Waals surface area contributed by atoms with E-state index in [1.807, 2.05) is 18.2 Å². The first kappa shape index (κ1) is 27.4. The Morgan fingerprint density at radius 3 is 2.54 bits per heavy atom.